The Labute approximate surface area is 235 Å². The molecule has 218 valence electrons. The summed E-state index contributed by atoms with van der Waals surface area (Å²) in [6.45, 7) is 8.87. The van der Waals surface area contributed by atoms with Gasteiger partial charge in [0.05, 0.1) is 24.6 Å². The number of aliphatic hydroxyl groups excluding tert-OH is 1. The zero-order chi connectivity index (χ0) is 29.9. The minimum atomic E-state index is -1.27. The first-order chi connectivity index (χ1) is 18.7. The SMILES string of the molecule is CC(C)N(C[C@H](O)[C@H](Cc1ccccc1)NC(=O)[C@@H](N)CC(=O)NC(=O)c1ccccc1)NC(=O)OC(C)(C)C. The molecule has 0 bridgehead atoms. The molecule has 11 heteroatoms. The summed E-state index contributed by atoms with van der Waals surface area (Å²) >= 11 is 0. The van der Waals surface area contributed by atoms with Gasteiger partial charge in [0.15, 0.2) is 0 Å². The van der Waals surface area contributed by atoms with E-state index in [1.165, 1.54) is 5.01 Å². The van der Waals surface area contributed by atoms with E-state index in [4.69, 9.17) is 10.5 Å². The number of hydrogen-bond acceptors (Lipinski definition) is 8. The van der Waals surface area contributed by atoms with Crippen molar-refractivity contribution < 1.29 is 29.0 Å². The Hall–Kier alpha value is -3.80. The Morgan fingerprint density at radius 1 is 0.975 bits per heavy atom. The fourth-order valence-electron chi connectivity index (χ4n) is 3.71. The van der Waals surface area contributed by atoms with E-state index < -0.39 is 54.0 Å². The minimum Gasteiger partial charge on any atom is -0.443 e. The van der Waals surface area contributed by atoms with Crippen molar-refractivity contribution >= 4 is 23.8 Å². The largest absolute Gasteiger partial charge is 0.443 e. The van der Waals surface area contributed by atoms with Crippen molar-refractivity contribution in [3.05, 3.63) is 71.8 Å². The molecule has 0 saturated carbocycles. The number of nitrogens with one attached hydrogen (secondary N) is 3. The second-order valence-corrected chi connectivity index (χ2v) is 10.8. The van der Waals surface area contributed by atoms with Gasteiger partial charge in [-0.1, -0.05) is 48.5 Å². The van der Waals surface area contributed by atoms with Gasteiger partial charge in [-0.3, -0.25) is 25.1 Å². The van der Waals surface area contributed by atoms with E-state index in [1.54, 1.807) is 51.1 Å². The molecule has 0 aliphatic carbocycles. The van der Waals surface area contributed by atoms with Crippen molar-refractivity contribution in [2.45, 2.75) is 77.3 Å². The molecule has 0 heterocycles. The number of imide groups is 1. The van der Waals surface area contributed by atoms with Crippen LogP contribution in [0.5, 0.6) is 0 Å². The van der Waals surface area contributed by atoms with Crippen molar-refractivity contribution in [2.75, 3.05) is 6.54 Å². The average molecular weight is 556 g/mol. The third-order valence-corrected chi connectivity index (χ3v) is 5.76. The highest BCUT2D eigenvalue weighted by Gasteiger charge is 2.29. The van der Waals surface area contributed by atoms with Crippen molar-refractivity contribution in [3.8, 4) is 0 Å². The van der Waals surface area contributed by atoms with Gasteiger partial charge in [-0.15, -0.1) is 0 Å². The fourth-order valence-corrected chi connectivity index (χ4v) is 3.71. The van der Waals surface area contributed by atoms with Gasteiger partial charge in [-0.2, -0.15) is 0 Å². The molecule has 0 aliphatic heterocycles. The van der Waals surface area contributed by atoms with E-state index in [1.807, 2.05) is 44.2 Å². The van der Waals surface area contributed by atoms with Gasteiger partial charge in [0, 0.05) is 18.2 Å². The average Bonchev–Trinajstić information content (AvgIpc) is 2.87. The monoisotopic (exact) mass is 555 g/mol. The number of carbonyl (C=O) groups excluding carboxylic acids is 4. The molecule has 0 fully saturated rings. The van der Waals surface area contributed by atoms with Crippen LogP contribution in [0.25, 0.3) is 0 Å². The lowest BCUT2D eigenvalue weighted by Crippen LogP contribution is -2.57. The number of amides is 4. The molecular weight excluding hydrogens is 514 g/mol. The quantitative estimate of drug-likeness (QED) is 0.248. The second kappa shape index (κ2) is 15.1. The molecule has 6 N–H and O–H groups in total. The van der Waals surface area contributed by atoms with Crippen LogP contribution in [0.1, 0.15) is 57.0 Å². The third kappa shape index (κ3) is 11.5. The van der Waals surface area contributed by atoms with Gasteiger partial charge in [0.2, 0.25) is 11.8 Å². The Balaban J connectivity index is 2.08. The molecule has 40 heavy (non-hydrogen) atoms. The molecule has 3 atom stereocenters. The summed E-state index contributed by atoms with van der Waals surface area (Å²) in [5, 5.41) is 17.7. The Morgan fingerprint density at radius 3 is 2.10 bits per heavy atom. The Morgan fingerprint density at radius 2 is 1.55 bits per heavy atom. The maximum Gasteiger partial charge on any atom is 0.422 e. The number of hydrazine groups is 1. The molecule has 2 aromatic carbocycles. The zero-order valence-corrected chi connectivity index (χ0v) is 23.7. The predicted octanol–water partition coefficient (Wildman–Crippen LogP) is 1.90. The number of hydrogen-bond donors (Lipinski definition) is 5. The topological polar surface area (TPSA) is 163 Å². The van der Waals surface area contributed by atoms with Gasteiger partial charge < -0.3 is 20.9 Å². The van der Waals surface area contributed by atoms with Crippen molar-refractivity contribution in [1.82, 2.24) is 21.1 Å². The summed E-state index contributed by atoms with van der Waals surface area (Å²) in [4.78, 5) is 49.9. The van der Waals surface area contributed by atoms with Crippen LogP contribution in [0.4, 0.5) is 4.79 Å². The number of benzene rings is 2. The zero-order valence-electron chi connectivity index (χ0n) is 23.7. The number of nitrogens with zero attached hydrogens (tertiary/aromatic N) is 1. The number of nitrogens with two attached hydrogens (primary N) is 1. The van der Waals surface area contributed by atoms with Gasteiger partial charge in [0.25, 0.3) is 5.91 Å². The molecule has 0 aromatic heterocycles. The highest BCUT2D eigenvalue weighted by atomic mass is 16.6. The van der Waals surface area contributed by atoms with Crippen LogP contribution in [0.3, 0.4) is 0 Å². The van der Waals surface area contributed by atoms with Crippen LogP contribution >= 0.6 is 0 Å². The lowest BCUT2D eigenvalue weighted by molar-refractivity contribution is -0.128. The molecule has 0 radical (unpaired) electrons. The lowest BCUT2D eigenvalue weighted by atomic mass is 10.00. The van der Waals surface area contributed by atoms with E-state index in [0.29, 0.717) is 5.56 Å². The van der Waals surface area contributed by atoms with Crippen molar-refractivity contribution in [2.24, 2.45) is 5.73 Å². The maximum atomic E-state index is 13.0. The summed E-state index contributed by atoms with van der Waals surface area (Å²) in [6, 6.07) is 15.1. The summed E-state index contributed by atoms with van der Waals surface area (Å²) in [7, 11) is 0. The lowest BCUT2D eigenvalue weighted by Gasteiger charge is -2.33. The van der Waals surface area contributed by atoms with E-state index in [-0.39, 0.29) is 19.0 Å². The molecule has 4 amide bonds. The van der Waals surface area contributed by atoms with Gasteiger partial charge in [0.1, 0.15) is 5.60 Å². The summed E-state index contributed by atoms with van der Waals surface area (Å²) in [5.74, 6) is -1.97. The van der Waals surface area contributed by atoms with Crippen LogP contribution in [0, 0.1) is 0 Å². The highest BCUT2D eigenvalue weighted by Crippen LogP contribution is 2.11. The maximum absolute atomic E-state index is 13.0. The van der Waals surface area contributed by atoms with E-state index in [2.05, 4.69) is 16.1 Å². The van der Waals surface area contributed by atoms with Gasteiger partial charge >= 0.3 is 6.09 Å². The van der Waals surface area contributed by atoms with Crippen LogP contribution in [-0.4, -0.2) is 70.3 Å². The minimum absolute atomic E-state index is 0.0318. The fraction of sp³-hybridized carbons (Fsp3) is 0.448. The van der Waals surface area contributed by atoms with E-state index in [0.717, 1.165) is 5.56 Å². The molecular formula is C29H41N5O6. The third-order valence-electron chi connectivity index (χ3n) is 5.76. The second-order valence-electron chi connectivity index (χ2n) is 10.8. The first-order valence-corrected chi connectivity index (χ1v) is 13.2. The molecule has 0 saturated heterocycles. The summed E-state index contributed by atoms with van der Waals surface area (Å²) in [5.41, 5.74) is 9.09. The predicted molar refractivity (Wildman–Crippen MR) is 151 cm³/mol. The molecule has 0 unspecified atom stereocenters. The Bertz CT molecular complexity index is 1120. The number of rotatable bonds is 12. The van der Waals surface area contributed by atoms with E-state index in [9.17, 15) is 24.3 Å². The number of aliphatic hydroxyl groups is 1. The molecule has 11 nitrogen and oxygen atoms in total. The normalized spacial score (nSPS) is 13.7. The van der Waals surface area contributed by atoms with Crippen LogP contribution in [0.15, 0.2) is 60.7 Å². The van der Waals surface area contributed by atoms with E-state index >= 15 is 0 Å². The molecule has 0 spiro atoms. The summed E-state index contributed by atoms with van der Waals surface area (Å²) in [6.07, 6.45) is -1.98. The molecule has 2 aromatic rings. The van der Waals surface area contributed by atoms with Gasteiger partial charge in [-0.05, 0) is 58.7 Å². The van der Waals surface area contributed by atoms with Crippen molar-refractivity contribution in [1.29, 1.82) is 0 Å². The smallest absolute Gasteiger partial charge is 0.422 e. The first kappa shape index (κ1) is 32.4. The summed E-state index contributed by atoms with van der Waals surface area (Å²) < 4.78 is 5.32. The highest BCUT2D eigenvalue weighted by molar-refractivity contribution is 6.05. The number of carbonyl (C=O) groups is 4. The Kier molecular flexibility index (Phi) is 12.2. The first-order valence-electron chi connectivity index (χ1n) is 13.2. The molecule has 2 rings (SSSR count). The van der Waals surface area contributed by atoms with Crippen LogP contribution < -0.4 is 21.8 Å². The van der Waals surface area contributed by atoms with Crippen LogP contribution in [0.2, 0.25) is 0 Å². The standard InChI is InChI=1S/C29H41N5O6/c1-19(2)34(33-28(39)40-29(3,4)5)18-24(35)23(16-20-12-8-6-9-13-20)31-27(38)22(30)17-25(36)32-26(37)21-14-10-7-11-15-21/h6-15,19,22-24,35H,16-18,30H2,1-5H3,(H,31,38)(H,33,39)(H,32,36,37)/t22-,23-,24-/m0/s1. The van der Waals surface area contributed by atoms with Crippen molar-refractivity contribution in [3.63, 3.8) is 0 Å². The van der Waals surface area contributed by atoms with Gasteiger partial charge in [-0.25, -0.2) is 9.80 Å². The number of ether oxygens (including phenoxy) is 1. The molecule has 0 aliphatic rings. The van der Waals surface area contributed by atoms with Crippen LogP contribution in [-0.2, 0) is 20.7 Å².